The third-order valence-electron chi connectivity index (χ3n) is 3.58. The number of aliphatic hydroxyl groups excluding tert-OH is 1. The molecule has 0 fully saturated rings. The first-order valence-electron chi connectivity index (χ1n) is 6.42. The molecule has 1 amide bonds. The van der Waals surface area contributed by atoms with Crippen LogP contribution in [0, 0.1) is 0 Å². The van der Waals surface area contributed by atoms with Crippen molar-refractivity contribution < 1.29 is 14.6 Å². The van der Waals surface area contributed by atoms with E-state index in [0.717, 1.165) is 5.56 Å². The molecule has 3 rings (SSSR count). The average molecular weight is 269 g/mol. The summed E-state index contributed by atoms with van der Waals surface area (Å²) in [6.45, 7) is 0. The van der Waals surface area contributed by atoms with Crippen LogP contribution in [0.4, 0.5) is 0 Å². The van der Waals surface area contributed by atoms with E-state index in [1.165, 1.54) is 0 Å². The van der Waals surface area contributed by atoms with Gasteiger partial charge >= 0.3 is 0 Å². The van der Waals surface area contributed by atoms with Gasteiger partial charge in [0.25, 0.3) is 5.91 Å². The number of aliphatic hydroxyl groups is 1. The van der Waals surface area contributed by atoms with Gasteiger partial charge in [-0.15, -0.1) is 0 Å². The lowest BCUT2D eigenvalue weighted by molar-refractivity contribution is 0.0763. The molecule has 4 heteroatoms. The third-order valence-corrected chi connectivity index (χ3v) is 3.58. The summed E-state index contributed by atoms with van der Waals surface area (Å²) < 4.78 is 5.16. The van der Waals surface area contributed by atoms with E-state index in [9.17, 15) is 9.90 Å². The Labute approximate surface area is 117 Å². The second-order valence-corrected chi connectivity index (χ2v) is 4.76. The van der Waals surface area contributed by atoms with E-state index in [2.05, 4.69) is 5.32 Å². The maximum atomic E-state index is 12.2. The molecule has 2 aromatic rings. The summed E-state index contributed by atoms with van der Waals surface area (Å²) in [5.41, 5.74) is 1.97. The van der Waals surface area contributed by atoms with Gasteiger partial charge in [-0.3, -0.25) is 4.79 Å². The molecule has 102 valence electrons. The highest BCUT2D eigenvalue weighted by atomic mass is 16.5. The molecule has 20 heavy (non-hydrogen) atoms. The molecule has 2 N–H and O–H groups in total. The molecule has 1 aliphatic rings. The highest BCUT2D eigenvalue weighted by Gasteiger charge is 2.33. The predicted octanol–water partition coefficient (Wildman–Crippen LogP) is 2.21. The molecule has 0 radical (unpaired) electrons. The summed E-state index contributed by atoms with van der Waals surface area (Å²) in [5.74, 6) is 0.450. The van der Waals surface area contributed by atoms with Crippen LogP contribution in [0.25, 0.3) is 0 Å². The smallest absolute Gasteiger partial charge is 0.252 e. The van der Waals surface area contributed by atoms with Gasteiger partial charge in [0.2, 0.25) is 0 Å². The standard InChI is InChI=1S/C16H15NO3/c1-20-11-7-8-12-13(9-11)15(18)14(17-16(12)19)10-5-3-2-4-6-10/h2-9,14-15,18H,1H3,(H,17,19)/t14-,15+/m1/s1. The SMILES string of the molecule is COc1ccc2c(c1)[C@H](O)[C@@H](c1ccccc1)NC2=O. The summed E-state index contributed by atoms with van der Waals surface area (Å²) in [7, 11) is 1.56. The van der Waals surface area contributed by atoms with Gasteiger partial charge < -0.3 is 15.2 Å². The van der Waals surface area contributed by atoms with Crippen molar-refractivity contribution >= 4 is 5.91 Å². The molecule has 0 saturated carbocycles. The number of carbonyl (C=O) groups is 1. The largest absolute Gasteiger partial charge is 0.497 e. The van der Waals surface area contributed by atoms with Gasteiger partial charge in [0, 0.05) is 5.56 Å². The van der Waals surface area contributed by atoms with Crippen LogP contribution in [-0.4, -0.2) is 18.1 Å². The Bertz CT molecular complexity index is 639. The van der Waals surface area contributed by atoms with Gasteiger partial charge in [-0.05, 0) is 29.3 Å². The Morgan fingerprint density at radius 2 is 1.90 bits per heavy atom. The molecule has 1 aliphatic heterocycles. The van der Waals surface area contributed by atoms with Crippen LogP contribution in [0.2, 0.25) is 0 Å². The second-order valence-electron chi connectivity index (χ2n) is 4.76. The zero-order valence-corrected chi connectivity index (χ0v) is 11.0. The fourth-order valence-electron chi connectivity index (χ4n) is 2.52. The van der Waals surface area contributed by atoms with Gasteiger partial charge in [-0.25, -0.2) is 0 Å². The first-order chi connectivity index (χ1) is 9.70. The minimum Gasteiger partial charge on any atom is -0.497 e. The summed E-state index contributed by atoms with van der Waals surface area (Å²) in [6, 6.07) is 14.1. The molecule has 4 nitrogen and oxygen atoms in total. The number of benzene rings is 2. The molecule has 0 saturated heterocycles. The Balaban J connectivity index is 2.05. The molecular formula is C16H15NO3. The van der Waals surface area contributed by atoms with Gasteiger partial charge in [0.05, 0.1) is 13.2 Å². The summed E-state index contributed by atoms with van der Waals surface area (Å²) >= 11 is 0. The maximum absolute atomic E-state index is 12.2. The molecule has 0 aromatic heterocycles. The molecule has 0 aliphatic carbocycles. The molecule has 1 heterocycles. The first kappa shape index (κ1) is 12.7. The fourth-order valence-corrected chi connectivity index (χ4v) is 2.52. The van der Waals surface area contributed by atoms with E-state index in [1.807, 2.05) is 30.3 Å². The van der Waals surface area contributed by atoms with Crippen molar-refractivity contribution in [3.8, 4) is 5.75 Å². The van der Waals surface area contributed by atoms with Crippen molar-refractivity contribution in [2.24, 2.45) is 0 Å². The summed E-state index contributed by atoms with van der Waals surface area (Å²) in [5, 5.41) is 13.4. The lowest BCUT2D eigenvalue weighted by Crippen LogP contribution is -2.38. The molecule has 0 unspecified atom stereocenters. The van der Waals surface area contributed by atoms with Crippen LogP contribution >= 0.6 is 0 Å². The number of fused-ring (bicyclic) bond motifs is 1. The molecule has 2 aromatic carbocycles. The Morgan fingerprint density at radius 1 is 1.15 bits per heavy atom. The minimum atomic E-state index is -0.791. The zero-order valence-electron chi connectivity index (χ0n) is 11.0. The number of amides is 1. The van der Waals surface area contributed by atoms with Crippen LogP contribution in [0.1, 0.15) is 33.6 Å². The van der Waals surface area contributed by atoms with Crippen molar-refractivity contribution in [2.45, 2.75) is 12.1 Å². The maximum Gasteiger partial charge on any atom is 0.252 e. The van der Waals surface area contributed by atoms with Crippen molar-refractivity contribution in [3.05, 3.63) is 65.2 Å². The zero-order chi connectivity index (χ0) is 14.1. The van der Waals surface area contributed by atoms with E-state index in [4.69, 9.17) is 4.74 Å². The number of carbonyl (C=O) groups excluding carboxylic acids is 1. The number of nitrogens with one attached hydrogen (secondary N) is 1. The van der Waals surface area contributed by atoms with Crippen molar-refractivity contribution in [1.82, 2.24) is 5.32 Å². The highest BCUT2D eigenvalue weighted by Crippen LogP contribution is 2.36. The topological polar surface area (TPSA) is 58.6 Å². The summed E-state index contributed by atoms with van der Waals surface area (Å²) in [4.78, 5) is 12.2. The highest BCUT2D eigenvalue weighted by molar-refractivity contribution is 5.97. The molecular weight excluding hydrogens is 254 g/mol. The fraction of sp³-hybridized carbons (Fsp3) is 0.188. The number of methoxy groups -OCH3 is 1. The Morgan fingerprint density at radius 3 is 2.60 bits per heavy atom. The third kappa shape index (κ3) is 2.04. The van der Waals surface area contributed by atoms with Crippen LogP contribution in [-0.2, 0) is 0 Å². The monoisotopic (exact) mass is 269 g/mol. The number of rotatable bonds is 2. The van der Waals surface area contributed by atoms with Crippen LogP contribution in [0.15, 0.2) is 48.5 Å². The first-order valence-corrected chi connectivity index (χ1v) is 6.42. The van der Waals surface area contributed by atoms with Crippen LogP contribution in [0.5, 0.6) is 5.75 Å². The number of hydrogen-bond donors (Lipinski definition) is 2. The lowest BCUT2D eigenvalue weighted by Gasteiger charge is -2.31. The second kappa shape index (κ2) is 4.98. The Hall–Kier alpha value is -2.33. The summed E-state index contributed by atoms with van der Waals surface area (Å²) in [6.07, 6.45) is -0.791. The molecule has 2 atom stereocenters. The molecule has 0 spiro atoms. The van der Waals surface area contributed by atoms with E-state index >= 15 is 0 Å². The van der Waals surface area contributed by atoms with Crippen molar-refractivity contribution in [2.75, 3.05) is 7.11 Å². The number of hydrogen-bond acceptors (Lipinski definition) is 3. The van der Waals surface area contributed by atoms with Gasteiger partial charge in [0.15, 0.2) is 0 Å². The average Bonchev–Trinajstić information content (AvgIpc) is 2.51. The van der Waals surface area contributed by atoms with Crippen molar-refractivity contribution in [3.63, 3.8) is 0 Å². The minimum absolute atomic E-state index is 0.179. The van der Waals surface area contributed by atoms with Gasteiger partial charge in [0.1, 0.15) is 11.9 Å². The van der Waals surface area contributed by atoms with Crippen LogP contribution < -0.4 is 10.1 Å². The van der Waals surface area contributed by atoms with E-state index in [-0.39, 0.29) is 5.91 Å². The van der Waals surface area contributed by atoms with Crippen LogP contribution in [0.3, 0.4) is 0 Å². The Kier molecular flexibility index (Phi) is 3.16. The lowest BCUT2D eigenvalue weighted by atomic mass is 9.88. The quantitative estimate of drug-likeness (QED) is 0.878. The number of ether oxygens (including phenoxy) is 1. The van der Waals surface area contributed by atoms with E-state index in [1.54, 1.807) is 25.3 Å². The predicted molar refractivity (Wildman–Crippen MR) is 74.6 cm³/mol. The van der Waals surface area contributed by atoms with E-state index in [0.29, 0.717) is 16.9 Å². The van der Waals surface area contributed by atoms with Gasteiger partial charge in [-0.1, -0.05) is 30.3 Å². The normalized spacial score (nSPS) is 21.0. The van der Waals surface area contributed by atoms with E-state index < -0.39 is 12.1 Å². The van der Waals surface area contributed by atoms with Crippen molar-refractivity contribution in [1.29, 1.82) is 0 Å². The molecule has 0 bridgehead atoms. The van der Waals surface area contributed by atoms with Gasteiger partial charge in [-0.2, -0.15) is 0 Å².